The average Bonchev–Trinajstić information content (AvgIpc) is 3.69. The maximum Gasteiger partial charge on any atom is 0.283 e. The van der Waals surface area contributed by atoms with Crippen LogP contribution in [0.5, 0.6) is 11.5 Å². The van der Waals surface area contributed by atoms with Gasteiger partial charge in [-0.3, -0.25) is 4.79 Å². The van der Waals surface area contributed by atoms with Crippen LogP contribution in [0.15, 0.2) is 82.7 Å². The Morgan fingerprint density at radius 3 is 2.40 bits per heavy atom. The van der Waals surface area contributed by atoms with Crippen LogP contribution in [-0.2, 0) is 23.6 Å². The molecule has 3 N–H and O–H groups in total. The fourth-order valence-electron chi connectivity index (χ4n) is 4.98. The summed E-state index contributed by atoms with van der Waals surface area (Å²) in [7, 11) is 1.42. The summed E-state index contributed by atoms with van der Waals surface area (Å²) in [6, 6.07) is 16.6. The summed E-state index contributed by atoms with van der Waals surface area (Å²) in [5.74, 6) is 0.112. The number of sulfonamides is 1. The van der Waals surface area contributed by atoms with Gasteiger partial charge in [-0.25, -0.2) is 9.71 Å². The summed E-state index contributed by atoms with van der Waals surface area (Å²) in [6.07, 6.45) is 3.62. The number of aryl methyl sites for hydroxylation is 1. The summed E-state index contributed by atoms with van der Waals surface area (Å²) < 4.78 is 34.3. The third-order valence-electron chi connectivity index (χ3n) is 7.46. The number of nitrogens with zero attached hydrogens (tertiary/aromatic N) is 6. The zero-order chi connectivity index (χ0) is 33.9. The second kappa shape index (κ2) is 13.5. The Balaban J connectivity index is 1.42. The number of carbonyl (C=O) groups is 1. The quantitative estimate of drug-likeness (QED) is 0.169. The molecule has 0 unspecified atom stereocenters. The van der Waals surface area contributed by atoms with Crippen molar-refractivity contribution in [1.82, 2.24) is 24.4 Å². The van der Waals surface area contributed by atoms with Crippen LogP contribution >= 0.6 is 0 Å². The van der Waals surface area contributed by atoms with Crippen LogP contribution in [0.2, 0.25) is 0 Å². The third-order valence-corrected chi connectivity index (χ3v) is 8.68. The fourth-order valence-corrected chi connectivity index (χ4v) is 5.94. The minimum atomic E-state index is -4.16. The number of amides is 1. The third kappa shape index (κ3) is 7.90. The summed E-state index contributed by atoms with van der Waals surface area (Å²) in [5.41, 5.74) is 3.76. The van der Waals surface area contributed by atoms with Gasteiger partial charge in [-0.2, -0.15) is 13.4 Å². The first-order chi connectivity index (χ1) is 22.3. The molecule has 0 saturated heterocycles. The van der Waals surface area contributed by atoms with Crippen molar-refractivity contribution in [2.75, 3.05) is 30.4 Å². The molecule has 0 spiro atoms. The van der Waals surface area contributed by atoms with Gasteiger partial charge in [-0.1, -0.05) is 25.1 Å². The van der Waals surface area contributed by atoms with Crippen molar-refractivity contribution in [2.24, 2.45) is 13.0 Å². The molecule has 2 heterocycles. The topological polar surface area (TPSA) is 167 Å². The molecule has 1 amide bonds. The molecule has 0 saturated carbocycles. The van der Waals surface area contributed by atoms with Gasteiger partial charge in [-0.15, -0.1) is 0 Å². The number of aromatic hydroxyl groups is 2. The van der Waals surface area contributed by atoms with Crippen molar-refractivity contribution < 1.29 is 27.9 Å². The Kier molecular flexibility index (Phi) is 9.51. The molecule has 0 radical (unpaired) electrons. The number of carbonyl (C=O) groups excluding carboxylic acids is 1. The lowest BCUT2D eigenvalue weighted by Gasteiger charge is -2.29. The lowest BCUT2D eigenvalue weighted by Crippen LogP contribution is -2.30. The largest absolute Gasteiger partial charge is 0.508 e. The molecule has 0 bridgehead atoms. The second-order valence-electron chi connectivity index (χ2n) is 11.8. The Morgan fingerprint density at radius 2 is 1.72 bits per heavy atom. The number of benzene rings is 3. The molecule has 5 rings (SSSR count). The molecular weight excluding hydrogens is 622 g/mol. The van der Waals surface area contributed by atoms with Crippen LogP contribution in [-0.4, -0.2) is 64.9 Å². The Bertz CT molecular complexity index is 1980. The second-order valence-corrected chi connectivity index (χ2v) is 13.5. The van der Waals surface area contributed by atoms with Crippen molar-refractivity contribution in [3.63, 3.8) is 0 Å². The lowest BCUT2D eigenvalue weighted by molar-refractivity contribution is 0.0981. The maximum atomic E-state index is 12.9. The van der Waals surface area contributed by atoms with E-state index in [2.05, 4.69) is 33.9 Å². The van der Waals surface area contributed by atoms with E-state index in [1.165, 1.54) is 35.3 Å². The molecule has 2 aromatic heterocycles. The molecular formula is C33H37N7O6S. The number of anilines is 2. The normalized spacial score (nSPS) is 11.5. The molecule has 3 aromatic carbocycles. The molecule has 47 heavy (non-hydrogen) atoms. The number of imidazole rings is 1. The van der Waals surface area contributed by atoms with Gasteiger partial charge in [0.1, 0.15) is 11.5 Å². The van der Waals surface area contributed by atoms with Gasteiger partial charge in [0.05, 0.1) is 17.7 Å². The summed E-state index contributed by atoms with van der Waals surface area (Å²) in [5, 5.41) is 23.9. The van der Waals surface area contributed by atoms with Gasteiger partial charge >= 0.3 is 0 Å². The van der Waals surface area contributed by atoms with E-state index < -0.39 is 15.9 Å². The Morgan fingerprint density at radius 1 is 0.979 bits per heavy atom. The standard InChI is InChI=1S/C33H37N7O6S/c1-21(2)11-12-39(4)28-10-9-23(16-29(28)40(5)18-22-13-26(41)17-27(42)14-22)31-35-33(46-36-31)25-8-6-7-24(15-25)32(43)37-47(44,45)30-19-38(3)20-34-30/h6-10,13-17,19-21,41-42H,11-12,18H2,1-5H3,(H,37,43). The van der Waals surface area contributed by atoms with E-state index in [4.69, 9.17) is 4.52 Å². The van der Waals surface area contributed by atoms with E-state index in [0.717, 1.165) is 29.9 Å². The zero-order valence-corrected chi connectivity index (χ0v) is 27.6. The van der Waals surface area contributed by atoms with Crippen LogP contribution in [0.1, 0.15) is 36.2 Å². The van der Waals surface area contributed by atoms with Crippen LogP contribution < -0.4 is 14.5 Å². The highest BCUT2D eigenvalue weighted by molar-refractivity contribution is 7.90. The van der Waals surface area contributed by atoms with E-state index >= 15 is 0 Å². The molecule has 246 valence electrons. The minimum Gasteiger partial charge on any atom is -0.508 e. The predicted molar refractivity (Wildman–Crippen MR) is 178 cm³/mol. The van der Waals surface area contributed by atoms with Gasteiger partial charge in [-0.05, 0) is 66.4 Å². The van der Waals surface area contributed by atoms with Crippen LogP contribution in [0.4, 0.5) is 11.4 Å². The number of aromatic nitrogens is 4. The number of nitrogens with one attached hydrogen (secondary N) is 1. The number of hydrogen-bond donors (Lipinski definition) is 3. The molecule has 13 nitrogen and oxygen atoms in total. The van der Waals surface area contributed by atoms with E-state index in [1.54, 1.807) is 31.3 Å². The number of rotatable bonds is 12. The molecule has 14 heteroatoms. The number of phenols is 2. The first-order valence-corrected chi connectivity index (χ1v) is 16.3. The molecule has 5 aromatic rings. The van der Waals surface area contributed by atoms with E-state index in [1.807, 2.05) is 41.9 Å². The molecule has 0 fully saturated rings. The van der Waals surface area contributed by atoms with Gasteiger partial charge < -0.3 is 29.1 Å². The first kappa shape index (κ1) is 33.0. The SMILES string of the molecule is CC(C)CCN(C)c1ccc(-c2noc(-c3cccc(C(=O)NS(=O)(=O)c4cn(C)cn4)c3)n2)cc1N(C)Cc1cc(O)cc(O)c1. The lowest BCUT2D eigenvalue weighted by atomic mass is 10.1. The van der Waals surface area contributed by atoms with Gasteiger partial charge in [0.15, 0.2) is 5.03 Å². The monoisotopic (exact) mass is 659 g/mol. The van der Waals surface area contributed by atoms with E-state index in [9.17, 15) is 23.4 Å². The first-order valence-electron chi connectivity index (χ1n) is 14.9. The molecule has 0 aliphatic heterocycles. The van der Waals surface area contributed by atoms with Gasteiger partial charge in [0, 0.05) is 63.2 Å². The number of phenolic OH excluding ortho intramolecular Hbond substituents is 2. The molecule has 0 atom stereocenters. The van der Waals surface area contributed by atoms with E-state index in [0.29, 0.717) is 29.4 Å². The Hall–Kier alpha value is -5.37. The predicted octanol–water partition coefficient (Wildman–Crippen LogP) is 4.79. The summed E-state index contributed by atoms with van der Waals surface area (Å²) in [6.45, 7) is 5.60. The average molecular weight is 660 g/mol. The van der Waals surface area contributed by atoms with Crippen molar-refractivity contribution in [3.05, 3.63) is 84.3 Å². The van der Waals surface area contributed by atoms with Crippen molar-refractivity contribution in [1.29, 1.82) is 0 Å². The highest BCUT2D eigenvalue weighted by Gasteiger charge is 2.22. The zero-order valence-electron chi connectivity index (χ0n) is 26.7. The summed E-state index contributed by atoms with van der Waals surface area (Å²) >= 11 is 0. The highest BCUT2D eigenvalue weighted by atomic mass is 32.2. The molecule has 0 aliphatic carbocycles. The van der Waals surface area contributed by atoms with Crippen molar-refractivity contribution in [3.8, 4) is 34.3 Å². The van der Waals surface area contributed by atoms with E-state index in [-0.39, 0.29) is 28.0 Å². The van der Waals surface area contributed by atoms with Crippen molar-refractivity contribution >= 4 is 27.3 Å². The van der Waals surface area contributed by atoms with Crippen LogP contribution in [0, 0.1) is 5.92 Å². The van der Waals surface area contributed by atoms with Gasteiger partial charge in [0.2, 0.25) is 5.82 Å². The molecule has 0 aliphatic rings. The van der Waals surface area contributed by atoms with Crippen LogP contribution in [0.3, 0.4) is 0 Å². The smallest absolute Gasteiger partial charge is 0.283 e. The van der Waals surface area contributed by atoms with Crippen molar-refractivity contribution in [2.45, 2.75) is 31.8 Å². The highest BCUT2D eigenvalue weighted by Crippen LogP contribution is 2.35. The maximum absolute atomic E-state index is 12.9. The minimum absolute atomic E-state index is 0.0212. The summed E-state index contributed by atoms with van der Waals surface area (Å²) in [4.78, 5) is 25.4. The van der Waals surface area contributed by atoms with Gasteiger partial charge in [0.25, 0.3) is 21.8 Å². The Labute approximate surface area is 273 Å². The van der Waals surface area contributed by atoms with Crippen LogP contribution in [0.25, 0.3) is 22.8 Å². The fraction of sp³-hybridized carbons (Fsp3) is 0.273. The number of hydrogen-bond acceptors (Lipinski definition) is 11.